The van der Waals surface area contributed by atoms with E-state index in [1.807, 2.05) is 83.1 Å². The van der Waals surface area contributed by atoms with Crippen LogP contribution in [0.2, 0.25) is 0 Å². The first-order valence-corrected chi connectivity index (χ1v) is 14.6. The molecule has 0 saturated carbocycles. The van der Waals surface area contributed by atoms with Crippen molar-refractivity contribution in [2.24, 2.45) is 21.7 Å². The fourth-order valence-corrected chi connectivity index (χ4v) is 2.44. The molecule has 0 aliphatic rings. The molecular formula is C30H70Ag2N6O4-4. The Bertz CT molecular complexity index is 460. The van der Waals surface area contributed by atoms with Gasteiger partial charge in [-0.2, -0.15) is 0 Å². The third-order valence-electron chi connectivity index (χ3n) is 6.10. The molecule has 4 unspecified atom stereocenters. The van der Waals surface area contributed by atoms with Gasteiger partial charge in [-0.25, -0.2) is 0 Å². The van der Waals surface area contributed by atoms with E-state index in [1.165, 1.54) is 0 Å². The number of hydrogen-bond donors (Lipinski definition) is 6. The van der Waals surface area contributed by atoms with Gasteiger partial charge in [-0.05, 0) is 47.8 Å². The number of nitrogens with one attached hydrogen (secondary N) is 6. The van der Waals surface area contributed by atoms with Crippen LogP contribution in [0.3, 0.4) is 0 Å². The zero-order valence-electron chi connectivity index (χ0n) is 28.8. The predicted octanol–water partition coefficient (Wildman–Crippen LogP) is 5.74. The van der Waals surface area contributed by atoms with Gasteiger partial charge in [0.25, 0.3) is 0 Å². The predicted molar refractivity (Wildman–Crippen MR) is 174 cm³/mol. The largest absolute Gasteiger partial charge is 0.676 e. The Labute approximate surface area is 291 Å². The third kappa shape index (κ3) is 39.1. The molecule has 0 bridgehead atoms. The summed E-state index contributed by atoms with van der Waals surface area (Å²) in [6.07, 6.45) is -0.869. The molecule has 0 saturated heterocycles. The van der Waals surface area contributed by atoms with Crippen molar-refractivity contribution in [3.63, 3.8) is 0 Å². The van der Waals surface area contributed by atoms with Crippen LogP contribution < -0.4 is 10.6 Å². The van der Waals surface area contributed by atoms with E-state index in [4.69, 9.17) is 22.9 Å². The standard InChI is InChI=1S/2C11H24O2.2C4H11N3.2Ag/c2*1-10(2,3)8(12)7-9(13)11(4,5)6;2*5-1-3-7-4-2-6;;/h2*8-9,12-13H,7H2,1-6H3;2*5-7H,1-4H2;;/q;;2*-2;;. The van der Waals surface area contributed by atoms with Crippen molar-refractivity contribution < 1.29 is 65.2 Å². The molecule has 12 heteroatoms. The molecule has 0 aromatic rings. The number of rotatable bonds is 12. The van der Waals surface area contributed by atoms with E-state index in [2.05, 4.69) is 10.6 Å². The zero-order chi connectivity index (χ0) is 32.8. The van der Waals surface area contributed by atoms with E-state index < -0.39 is 24.4 Å². The van der Waals surface area contributed by atoms with Gasteiger partial charge in [0.05, 0.1) is 24.4 Å². The molecule has 0 spiro atoms. The maximum atomic E-state index is 9.76. The fourth-order valence-electron chi connectivity index (χ4n) is 2.44. The van der Waals surface area contributed by atoms with Crippen LogP contribution in [0.1, 0.15) is 95.9 Å². The SMILES string of the molecule is CC(C)(C)C(O)CC(O)C(C)(C)C.CC(C)(C)C(O)CC(O)C(C)(C)C.[Ag].[Ag].[NH-]CCNCC[NH-].[NH-]CCNCC[NH-]. The van der Waals surface area contributed by atoms with Crippen LogP contribution in [0.4, 0.5) is 0 Å². The van der Waals surface area contributed by atoms with Crippen molar-refractivity contribution in [3.8, 4) is 0 Å². The van der Waals surface area contributed by atoms with Gasteiger partial charge < -0.3 is 54.0 Å². The van der Waals surface area contributed by atoms with E-state index in [1.54, 1.807) is 0 Å². The molecule has 10 nitrogen and oxygen atoms in total. The summed E-state index contributed by atoms with van der Waals surface area (Å²) < 4.78 is 0. The van der Waals surface area contributed by atoms with Crippen LogP contribution >= 0.6 is 0 Å². The maximum Gasteiger partial charge on any atom is 0.0613 e. The number of aliphatic hydroxyl groups is 4. The van der Waals surface area contributed by atoms with Gasteiger partial charge in [-0.1, -0.05) is 83.1 Å². The van der Waals surface area contributed by atoms with Gasteiger partial charge in [0.15, 0.2) is 0 Å². The molecule has 4 atom stereocenters. The van der Waals surface area contributed by atoms with Gasteiger partial charge in [-0.15, -0.1) is 26.2 Å². The topological polar surface area (TPSA) is 200 Å². The summed E-state index contributed by atoms with van der Waals surface area (Å²) in [4.78, 5) is 0. The summed E-state index contributed by atoms with van der Waals surface area (Å²) in [7, 11) is 0. The molecule has 0 aromatic carbocycles. The first-order chi connectivity index (χ1) is 17.9. The van der Waals surface area contributed by atoms with Crippen LogP contribution in [0.15, 0.2) is 0 Å². The molecule has 0 aliphatic heterocycles. The van der Waals surface area contributed by atoms with Gasteiger partial charge in [-0.3, -0.25) is 0 Å². The Morgan fingerprint density at radius 2 is 0.548 bits per heavy atom. The Morgan fingerprint density at radius 1 is 0.405 bits per heavy atom. The Morgan fingerprint density at radius 3 is 0.643 bits per heavy atom. The summed E-state index contributed by atoms with van der Waals surface area (Å²) in [5.41, 5.74) is 26.0. The van der Waals surface area contributed by atoms with E-state index in [0.717, 1.165) is 26.2 Å². The molecule has 0 aliphatic carbocycles. The first kappa shape index (κ1) is 55.5. The van der Waals surface area contributed by atoms with Crippen molar-refractivity contribution in [1.29, 1.82) is 0 Å². The minimum absolute atomic E-state index is 0. The van der Waals surface area contributed by atoms with Crippen LogP contribution in [-0.4, -0.2) is 97.2 Å². The summed E-state index contributed by atoms with van der Waals surface area (Å²) in [6, 6.07) is 0. The van der Waals surface area contributed by atoms with Crippen molar-refractivity contribution in [3.05, 3.63) is 22.9 Å². The summed E-state index contributed by atoms with van der Waals surface area (Å²) in [5.74, 6) is 0. The molecule has 0 amide bonds. The Hall–Kier alpha value is 1.08. The Kier molecular flexibility index (Phi) is 38.9. The molecule has 270 valence electrons. The normalized spacial score (nSPS) is 14.6. The molecule has 10 N–H and O–H groups in total. The van der Waals surface area contributed by atoms with Gasteiger partial charge in [0, 0.05) is 57.6 Å². The third-order valence-corrected chi connectivity index (χ3v) is 6.10. The maximum absolute atomic E-state index is 9.76. The zero-order valence-corrected chi connectivity index (χ0v) is 31.7. The second-order valence-corrected chi connectivity index (χ2v) is 14.5. The summed E-state index contributed by atoms with van der Waals surface area (Å²) in [6.45, 7) is 28.3. The number of aliphatic hydroxyl groups excluding tert-OH is 4. The summed E-state index contributed by atoms with van der Waals surface area (Å²) in [5, 5.41) is 44.9. The molecule has 2 radical (unpaired) electrons. The summed E-state index contributed by atoms with van der Waals surface area (Å²) >= 11 is 0. The van der Waals surface area contributed by atoms with Crippen molar-refractivity contribution in [1.82, 2.24) is 10.6 Å². The van der Waals surface area contributed by atoms with E-state index in [9.17, 15) is 20.4 Å². The first-order valence-electron chi connectivity index (χ1n) is 14.6. The molecule has 0 aromatic heterocycles. The van der Waals surface area contributed by atoms with Gasteiger partial charge >= 0.3 is 0 Å². The molecule has 0 fully saturated rings. The van der Waals surface area contributed by atoms with Gasteiger partial charge in [0.2, 0.25) is 0 Å². The molecule has 42 heavy (non-hydrogen) atoms. The minimum atomic E-state index is -0.443. The van der Waals surface area contributed by atoms with Crippen molar-refractivity contribution >= 4 is 0 Å². The van der Waals surface area contributed by atoms with Crippen LogP contribution in [-0.2, 0) is 44.8 Å². The molecule has 0 rings (SSSR count). The van der Waals surface area contributed by atoms with Crippen molar-refractivity contribution in [2.45, 2.75) is 120 Å². The fraction of sp³-hybridized carbons (Fsp3) is 1.00. The van der Waals surface area contributed by atoms with E-state index >= 15 is 0 Å². The van der Waals surface area contributed by atoms with Crippen LogP contribution in [0.25, 0.3) is 22.9 Å². The van der Waals surface area contributed by atoms with E-state index in [0.29, 0.717) is 39.0 Å². The molecular weight excluding hydrogens is 724 g/mol. The average molecular weight is 795 g/mol. The van der Waals surface area contributed by atoms with Gasteiger partial charge in [0.1, 0.15) is 0 Å². The quantitative estimate of drug-likeness (QED) is 0.108. The smallest absolute Gasteiger partial charge is 0.0613 e. The Balaban J connectivity index is -0.000000105. The monoisotopic (exact) mass is 792 g/mol. The van der Waals surface area contributed by atoms with Crippen molar-refractivity contribution in [2.75, 3.05) is 52.4 Å². The molecule has 0 heterocycles. The number of hydrogen-bond acceptors (Lipinski definition) is 6. The average Bonchev–Trinajstić information content (AvgIpc) is 2.78. The minimum Gasteiger partial charge on any atom is -0.676 e. The second-order valence-electron chi connectivity index (χ2n) is 14.5. The van der Waals surface area contributed by atoms with Crippen LogP contribution in [0.5, 0.6) is 0 Å². The van der Waals surface area contributed by atoms with Crippen LogP contribution in [0, 0.1) is 21.7 Å². The second kappa shape index (κ2) is 29.5. The van der Waals surface area contributed by atoms with E-state index in [-0.39, 0.29) is 66.4 Å².